The Morgan fingerprint density at radius 1 is 1.44 bits per heavy atom. The quantitative estimate of drug-likeness (QED) is 0.474. The molecule has 0 heterocycles. The zero-order chi connectivity index (χ0) is 13.7. The van der Waals surface area contributed by atoms with Crippen LogP contribution in [0, 0.1) is 10.1 Å². The van der Waals surface area contributed by atoms with E-state index in [0.717, 1.165) is 0 Å². The van der Waals surface area contributed by atoms with Crippen LogP contribution in [0.1, 0.15) is 13.8 Å². The lowest BCUT2D eigenvalue weighted by Crippen LogP contribution is -2.18. The Labute approximate surface area is 112 Å². The topological polar surface area (TPSA) is 78.7 Å². The highest BCUT2D eigenvalue weighted by atomic mass is 79.9. The van der Waals surface area contributed by atoms with E-state index < -0.39 is 10.9 Å². The summed E-state index contributed by atoms with van der Waals surface area (Å²) in [6.07, 6.45) is -0.224. The van der Waals surface area contributed by atoms with Crippen LogP contribution in [0.2, 0.25) is 0 Å². The lowest BCUT2D eigenvalue weighted by Gasteiger charge is -2.09. The Kier molecular flexibility index (Phi) is 5.08. The van der Waals surface area contributed by atoms with Crippen LogP contribution in [0.4, 0.5) is 5.69 Å². The number of benzene rings is 1. The number of rotatable bonds is 5. The normalized spacial score (nSPS) is 10.2. The predicted molar refractivity (Wildman–Crippen MR) is 67.5 cm³/mol. The van der Waals surface area contributed by atoms with Crippen molar-refractivity contribution in [2.45, 2.75) is 20.0 Å². The first-order chi connectivity index (χ1) is 8.38. The second-order valence-electron chi connectivity index (χ2n) is 3.73. The average Bonchev–Trinajstić information content (AvgIpc) is 2.24. The van der Waals surface area contributed by atoms with Crippen molar-refractivity contribution >= 4 is 27.6 Å². The summed E-state index contributed by atoms with van der Waals surface area (Å²) in [5, 5.41) is 10.6. The molecule has 18 heavy (non-hydrogen) atoms. The molecule has 6 nitrogen and oxygen atoms in total. The molecule has 0 amide bonds. The molecule has 0 atom stereocenters. The number of hydrogen-bond acceptors (Lipinski definition) is 5. The van der Waals surface area contributed by atoms with E-state index >= 15 is 0 Å². The molecular formula is C11H12BrNO5. The van der Waals surface area contributed by atoms with Crippen LogP contribution in [-0.2, 0) is 9.53 Å². The van der Waals surface area contributed by atoms with Gasteiger partial charge in [-0.1, -0.05) is 15.9 Å². The summed E-state index contributed by atoms with van der Waals surface area (Å²) in [7, 11) is 0. The van der Waals surface area contributed by atoms with E-state index in [4.69, 9.17) is 9.47 Å². The van der Waals surface area contributed by atoms with E-state index in [-0.39, 0.29) is 24.1 Å². The Bertz CT molecular complexity index is 461. The van der Waals surface area contributed by atoms with E-state index in [1.165, 1.54) is 18.2 Å². The molecule has 0 aliphatic heterocycles. The smallest absolute Gasteiger partial charge is 0.344 e. The maximum absolute atomic E-state index is 11.2. The maximum Gasteiger partial charge on any atom is 0.344 e. The number of carbonyl (C=O) groups is 1. The van der Waals surface area contributed by atoms with Crippen molar-refractivity contribution in [3.8, 4) is 5.75 Å². The van der Waals surface area contributed by atoms with Gasteiger partial charge in [0.1, 0.15) is 5.75 Å². The zero-order valence-electron chi connectivity index (χ0n) is 9.88. The third-order valence-corrected chi connectivity index (χ3v) is 2.25. The third kappa shape index (κ3) is 4.70. The van der Waals surface area contributed by atoms with Crippen LogP contribution in [0.15, 0.2) is 22.7 Å². The van der Waals surface area contributed by atoms with Crippen LogP contribution < -0.4 is 4.74 Å². The van der Waals surface area contributed by atoms with Crippen LogP contribution in [0.5, 0.6) is 5.75 Å². The Balaban J connectivity index is 2.67. The molecule has 0 radical (unpaired) electrons. The second kappa shape index (κ2) is 6.34. The van der Waals surface area contributed by atoms with Gasteiger partial charge in [0.05, 0.1) is 17.1 Å². The van der Waals surface area contributed by atoms with E-state index in [2.05, 4.69) is 15.9 Å². The first kappa shape index (κ1) is 14.4. The highest BCUT2D eigenvalue weighted by Gasteiger charge is 2.11. The number of ether oxygens (including phenoxy) is 2. The largest absolute Gasteiger partial charge is 0.482 e. The fourth-order valence-corrected chi connectivity index (χ4v) is 1.64. The van der Waals surface area contributed by atoms with Gasteiger partial charge >= 0.3 is 5.97 Å². The van der Waals surface area contributed by atoms with Crippen molar-refractivity contribution in [1.29, 1.82) is 0 Å². The number of hydrogen-bond donors (Lipinski definition) is 0. The zero-order valence-corrected chi connectivity index (χ0v) is 11.5. The molecule has 0 saturated carbocycles. The second-order valence-corrected chi connectivity index (χ2v) is 4.65. The van der Waals surface area contributed by atoms with Gasteiger partial charge in [-0.2, -0.15) is 0 Å². The van der Waals surface area contributed by atoms with E-state index in [0.29, 0.717) is 4.47 Å². The molecule has 1 aromatic rings. The summed E-state index contributed by atoms with van der Waals surface area (Å²) in [6.45, 7) is 3.16. The molecular weight excluding hydrogens is 306 g/mol. The number of nitro benzene ring substituents is 1. The molecule has 0 aliphatic carbocycles. The van der Waals surface area contributed by atoms with Gasteiger partial charge in [-0.3, -0.25) is 10.1 Å². The molecule has 0 N–H and O–H groups in total. The predicted octanol–water partition coefficient (Wildman–Crippen LogP) is 2.69. The highest BCUT2D eigenvalue weighted by molar-refractivity contribution is 9.10. The average molecular weight is 318 g/mol. The van der Waals surface area contributed by atoms with E-state index in [1.807, 2.05) is 0 Å². The summed E-state index contributed by atoms with van der Waals surface area (Å²) in [5.74, 6) is -0.288. The van der Waals surface area contributed by atoms with Crippen molar-refractivity contribution in [2.75, 3.05) is 6.61 Å². The molecule has 7 heteroatoms. The SMILES string of the molecule is CC(C)OC(=O)COc1cc(Br)cc([N+](=O)[O-])c1. The minimum atomic E-state index is -0.538. The molecule has 98 valence electrons. The minimum absolute atomic E-state index is 0.114. The summed E-state index contributed by atoms with van der Waals surface area (Å²) in [4.78, 5) is 21.3. The molecule has 0 aliphatic rings. The van der Waals surface area contributed by atoms with E-state index in [1.54, 1.807) is 13.8 Å². The summed E-state index contributed by atoms with van der Waals surface area (Å²) < 4.78 is 10.5. The lowest BCUT2D eigenvalue weighted by molar-refractivity contribution is -0.385. The number of esters is 1. The third-order valence-electron chi connectivity index (χ3n) is 1.79. The van der Waals surface area contributed by atoms with Gasteiger partial charge in [0.25, 0.3) is 5.69 Å². The number of halogens is 1. The fourth-order valence-electron chi connectivity index (χ4n) is 1.18. The van der Waals surface area contributed by atoms with Crippen LogP contribution >= 0.6 is 15.9 Å². The number of nitrogens with zero attached hydrogens (tertiary/aromatic N) is 1. The fraction of sp³-hybridized carbons (Fsp3) is 0.364. The number of carbonyl (C=O) groups excluding carboxylic acids is 1. The number of nitro groups is 1. The Morgan fingerprint density at radius 3 is 2.67 bits per heavy atom. The Hall–Kier alpha value is -1.63. The maximum atomic E-state index is 11.2. The molecule has 0 aromatic heterocycles. The van der Waals surface area contributed by atoms with Gasteiger partial charge in [0, 0.05) is 10.5 Å². The standard InChI is InChI=1S/C11H12BrNO5/c1-7(2)18-11(14)6-17-10-4-8(12)3-9(5-10)13(15)16/h3-5,7H,6H2,1-2H3. The monoisotopic (exact) mass is 317 g/mol. The summed E-state index contributed by atoms with van der Waals surface area (Å²) in [6, 6.07) is 4.13. The van der Waals surface area contributed by atoms with Crippen molar-refractivity contribution < 1.29 is 19.2 Å². The molecule has 0 saturated heterocycles. The van der Waals surface area contributed by atoms with Gasteiger partial charge in [0.15, 0.2) is 6.61 Å². The van der Waals surface area contributed by atoms with Crippen molar-refractivity contribution in [3.63, 3.8) is 0 Å². The summed E-state index contributed by atoms with van der Waals surface area (Å²) >= 11 is 3.13. The lowest BCUT2D eigenvalue weighted by atomic mass is 10.3. The molecule has 0 unspecified atom stereocenters. The van der Waals surface area contributed by atoms with E-state index in [9.17, 15) is 14.9 Å². The van der Waals surface area contributed by atoms with Gasteiger partial charge < -0.3 is 9.47 Å². The Morgan fingerprint density at radius 2 is 2.11 bits per heavy atom. The molecule has 0 spiro atoms. The van der Waals surface area contributed by atoms with Gasteiger partial charge in [-0.15, -0.1) is 0 Å². The summed E-state index contributed by atoms with van der Waals surface area (Å²) in [5.41, 5.74) is -0.114. The minimum Gasteiger partial charge on any atom is -0.482 e. The van der Waals surface area contributed by atoms with Gasteiger partial charge in [0.2, 0.25) is 0 Å². The van der Waals surface area contributed by atoms with Crippen LogP contribution in [0.25, 0.3) is 0 Å². The van der Waals surface area contributed by atoms with Crippen molar-refractivity contribution in [3.05, 3.63) is 32.8 Å². The first-order valence-electron chi connectivity index (χ1n) is 5.15. The first-order valence-corrected chi connectivity index (χ1v) is 5.95. The molecule has 1 aromatic carbocycles. The molecule has 0 fully saturated rings. The number of non-ortho nitro benzene ring substituents is 1. The van der Waals surface area contributed by atoms with Crippen LogP contribution in [0.3, 0.4) is 0 Å². The van der Waals surface area contributed by atoms with Crippen molar-refractivity contribution in [1.82, 2.24) is 0 Å². The highest BCUT2D eigenvalue weighted by Crippen LogP contribution is 2.26. The molecule has 1 rings (SSSR count). The van der Waals surface area contributed by atoms with Crippen molar-refractivity contribution in [2.24, 2.45) is 0 Å². The van der Waals surface area contributed by atoms with Crippen LogP contribution in [-0.4, -0.2) is 23.6 Å². The van der Waals surface area contributed by atoms with Gasteiger partial charge in [-0.25, -0.2) is 4.79 Å². The molecule has 0 bridgehead atoms. The van der Waals surface area contributed by atoms with Gasteiger partial charge in [-0.05, 0) is 19.9 Å².